The summed E-state index contributed by atoms with van der Waals surface area (Å²) in [5, 5.41) is 9.81. The van der Waals surface area contributed by atoms with Gasteiger partial charge in [0.2, 0.25) is 0 Å². The van der Waals surface area contributed by atoms with E-state index in [1.165, 1.54) is 25.7 Å². The molecule has 3 nitrogen and oxygen atoms in total. The van der Waals surface area contributed by atoms with Crippen LogP contribution in [0.4, 0.5) is 5.82 Å². The van der Waals surface area contributed by atoms with E-state index in [1.807, 2.05) is 12.1 Å². The Labute approximate surface area is 101 Å². The van der Waals surface area contributed by atoms with Crippen LogP contribution in [0.1, 0.15) is 25.7 Å². The maximum absolute atomic E-state index is 9.14. The Balaban J connectivity index is 2.21. The first-order valence-electron chi connectivity index (χ1n) is 5.81. The third-order valence-electron chi connectivity index (χ3n) is 3.12. The molecule has 4 heteroatoms. The first-order valence-corrected chi connectivity index (χ1v) is 6.18. The molecule has 0 unspecified atom stereocenters. The Morgan fingerprint density at radius 2 is 2.19 bits per heavy atom. The first-order chi connectivity index (χ1) is 7.83. The zero-order valence-corrected chi connectivity index (χ0v) is 10.0. The molecule has 0 atom stereocenters. The fraction of sp³-hybridized carbons (Fsp3) is 0.583. The van der Waals surface area contributed by atoms with E-state index in [-0.39, 0.29) is 6.61 Å². The zero-order chi connectivity index (χ0) is 11.4. The molecular weight excluding hydrogens is 224 g/mol. The second kappa shape index (κ2) is 5.51. The molecule has 0 aromatic carbocycles. The minimum absolute atomic E-state index is 0.142. The number of aliphatic hydroxyl groups is 1. The van der Waals surface area contributed by atoms with Crippen LogP contribution in [0.5, 0.6) is 0 Å². The lowest BCUT2D eigenvalue weighted by molar-refractivity contribution is 0.297. The van der Waals surface area contributed by atoms with Crippen molar-refractivity contribution >= 4 is 17.4 Å². The van der Waals surface area contributed by atoms with Crippen LogP contribution in [0.15, 0.2) is 18.3 Å². The molecule has 0 bridgehead atoms. The number of pyridine rings is 1. The van der Waals surface area contributed by atoms with Crippen LogP contribution in [-0.2, 0) is 0 Å². The van der Waals surface area contributed by atoms with E-state index in [0.717, 1.165) is 5.82 Å². The molecule has 2 rings (SSSR count). The lowest BCUT2D eigenvalue weighted by Gasteiger charge is -2.29. The van der Waals surface area contributed by atoms with E-state index in [4.69, 9.17) is 16.7 Å². The van der Waals surface area contributed by atoms with Gasteiger partial charge in [0.1, 0.15) is 5.82 Å². The van der Waals surface area contributed by atoms with Crippen molar-refractivity contribution in [3.05, 3.63) is 23.4 Å². The van der Waals surface area contributed by atoms with Crippen molar-refractivity contribution in [1.29, 1.82) is 0 Å². The van der Waals surface area contributed by atoms with Crippen molar-refractivity contribution < 1.29 is 5.11 Å². The van der Waals surface area contributed by atoms with Gasteiger partial charge < -0.3 is 10.0 Å². The van der Waals surface area contributed by atoms with Crippen LogP contribution < -0.4 is 4.90 Å². The van der Waals surface area contributed by atoms with Crippen LogP contribution in [0.25, 0.3) is 0 Å². The number of halogens is 1. The van der Waals surface area contributed by atoms with E-state index in [2.05, 4.69) is 9.88 Å². The van der Waals surface area contributed by atoms with Crippen LogP contribution >= 0.6 is 11.6 Å². The average Bonchev–Trinajstić information content (AvgIpc) is 2.80. The number of hydrogen-bond acceptors (Lipinski definition) is 3. The average molecular weight is 241 g/mol. The summed E-state index contributed by atoms with van der Waals surface area (Å²) in [6, 6.07) is 4.17. The number of aromatic nitrogens is 1. The molecule has 16 heavy (non-hydrogen) atoms. The van der Waals surface area contributed by atoms with Crippen molar-refractivity contribution in [2.45, 2.75) is 31.7 Å². The first kappa shape index (κ1) is 11.7. The van der Waals surface area contributed by atoms with Crippen molar-refractivity contribution in [2.75, 3.05) is 18.1 Å². The molecule has 0 radical (unpaired) electrons. The maximum atomic E-state index is 9.14. The lowest BCUT2D eigenvalue weighted by atomic mass is 10.2. The van der Waals surface area contributed by atoms with Gasteiger partial charge in [-0.2, -0.15) is 0 Å². The lowest BCUT2D eigenvalue weighted by Crippen LogP contribution is -2.36. The van der Waals surface area contributed by atoms with Crippen LogP contribution in [0.3, 0.4) is 0 Å². The van der Waals surface area contributed by atoms with Gasteiger partial charge >= 0.3 is 0 Å². The quantitative estimate of drug-likeness (QED) is 0.879. The predicted molar refractivity (Wildman–Crippen MR) is 65.9 cm³/mol. The number of anilines is 1. The summed E-state index contributed by atoms with van der Waals surface area (Å²) >= 11 is 6.15. The Hall–Kier alpha value is -0.800. The Bertz CT molecular complexity index is 340. The third kappa shape index (κ3) is 2.47. The Morgan fingerprint density at radius 3 is 2.81 bits per heavy atom. The highest BCUT2D eigenvalue weighted by molar-refractivity contribution is 6.32. The second-order valence-electron chi connectivity index (χ2n) is 4.16. The fourth-order valence-electron chi connectivity index (χ4n) is 2.37. The summed E-state index contributed by atoms with van der Waals surface area (Å²) in [4.78, 5) is 6.47. The summed E-state index contributed by atoms with van der Waals surface area (Å²) in [5.74, 6) is 0.810. The highest BCUT2D eigenvalue weighted by atomic mass is 35.5. The molecule has 1 N–H and O–H groups in total. The molecule has 0 amide bonds. The van der Waals surface area contributed by atoms with Gasteiger partial charge in [-0.05, 0) is 25.0 Å². The molecule has 1 fully saturated rings. The van der Waals surface area contributed by atoms with Gasteiger partial charge in [-0.3, -0.25) is 0 Å². The fourth-order valence-corrected chi connectivity index (χ4v) is 2.60. The summed E-state index contributed by atoms with van der Waals surface area (Å²) in [7, 11) is 0. The van der Waals surface area contributed by atoms with Gasteiger partial charge in [0.15, 0.2) is 0 Å². The number of rotatable bonds is 4. The van der Waals surface area contributed by atoms with Gasteiger partial charge in [-0.1, -0.05) is 24.4 Å². The van der Waals surface area contributed by atoms with Gasteiger partial charge in [0.05, 0.1) is 11.6 Å². The van der Waals surface area contributed by atoms with Crippen LogP contribution in [-0.4, -0.2) is 29.3 Å². The molecule has 1 aliphatic rings. The predicted octanol–water partition coefficient (Wildman–Crippen LogP) is 2.48. The molecule has 1 aromatic rings. The van der Waals surface area contributed by atoms with Crippen molar-refractivity contribution in [3.63, 3.8) is 0 Å². The highest BCUT2D eigenvalue weighted by Gasteiger charge is 2.24. The summed E-state index contributed by atoms with van der Waals surface area (Å²) in [5.41, 5.74) is 0. The van der Waals surface area contributed by atoms with E-state index in [0.29, 0.717) is 17.6 Å². The largest absolute Gasteiger partial charge is 0.395 e. The molecule has 1 saturated carbocycles. The number of hydrogen-bond donors (Lipinski definition) is 1. The van der Waals surface area contributed by atoms with Crippen molar-refractivity contribution in [1.82, 2.24) is 4.98 Å². The second-order valence-corrected chi connectivity index (χ2v) is 4.57. The Morgan fingerprint density at radius 1 is 1.44 bits per heavy atom. The van der Waals surface area contributed by atoms with E-state index in [1.54, 1.807) is 6.20 Å². The summed E-state index contributed by atoms with van der Waals surface area (Å²) < 4.78 is 0. The normalized spacial score (nSPS) is 16.6. The minimum atomic E-state index is 0.142. The standard InChI is InChI=1S/C12H17ClN2O/c13-11-6-3-7-14-12(11)15(8-9-16)10-4-1-2-5-10/h3,6-7,10,16H,1-2,4-5,8-9H2. The summed E-state index contributed by atoms with van der Waals surface area (Å²) in [6.07, 6.45) is 6.62. The minimum Gasteiger partial charge on any atom is -0.395 e. The highest BCUT2D eigenvalue weighted by Crippen LogP contribution is 2.30. The van der Waals surface area contributed by atoms with Gasteiger partial charge in [0, 0.05) is 18.8 Å². The topological polar surface area (TPSA) is 36.4 Å². The molecule has 0 saturated heterocycles. The summed E-state index contributed by atoms with van der Waals surface area (Å²) in [6.45, 7) is 0.755. The van der Waals surface area contributed by atoms with Crippen molar-refractivity contribution in [3.8, 4) is 0 Å². The molecule has 1 heterocycles. The molecule has 0 spiro atoms. The van der Waals surface area contributed by atoms with Crippen molar-refractivity contribution in [2.24, 2.45) is 0 Å². The molecule has 1 aliphatic carbocycles. The van der Waals surface area contributed by atoms with Crippen LogP contribution in [0, 0.1) is 0 Å². The van der Waals surface area contributed by atoms with Gasteiger partial charge in [-0.25, -0.2) is 4.98 Å². The van der Waals surface area contributed by atoms with E-state index >= 15 is 0 Å². The molecule has 0 aliphatic heterocycles. The molecule has 1 aromatic heterocycles. The van der Waals surface area contributed by atoms with E-state index < -0.39 is 0 Å². The molecular formula is C12H17ClN2O. The molecule has 88 valence electrons. The van der Waals surface area contributed by atoms with Gasteiger partial charge in [-0.15, -0.1) is 0 Å². The number of nitrogens with zero attached hydrogens (tertiary/aromatic N) is 2. The third-order valence-corrected chi connectivity index (χ3v) is 3.41. The van der Waals surface area contributed by atoms with Gasteiger partial charge in [0.25, 0.3) is 0 Å². The number of aliphatic hydroxyl groups excluding tert-OH is 1. The SMILES string of the molecule is OCCN(c1ncccc1Cl)C1CCCC1. The van der Waals surface area contributed by atoms with E-state index in [9.17, 15) is 0 Å². The Kier molecular flexibility index (Phi) is 4.02. The smallest absolute Gasteiger partial charge is 0.147 e. The van der Waals surface area contributed by atoms with Crippen LogP contribution in [0.2, 0.25) is 5.02 Å². The maximum Gasteiger partial charge on any atom is 0.147 e. The monoisotopic (exact) mass is 240 g/mol. The zero-order valence-electron chi connectivity index (χ0n) is 9.27.